The molecule has 2 aromatic carbocycles. The number of anilines is 1. The van der Waals surface area contributed by atoms with E-state index < -0.39 is 28.4 Å². The molecule has 0 saturated heterocycles. The molecule has 0 spiro atoms. The van der Waals surface area contributed by atoms with Crippen LogP contribution in [0.5, 0.6) is 11.5 Å². The van der Waals surface area contributed by atoms with E-state index in [4.69, 9.17) is 9.47 Å². The fourth-order valence-electron chi connectivity index (χ4n) is 2.33. The molecule has 0 aromatic heterocycles. The van der Waals surface area contributed by atoms with Gasteiger partial charge in [-0.25, -0.2) is 12.8 Å². The van der Waals surface area contributed by atoms with Crippen LogP contribution < -0.4 is 13.8 Å². The summed E-state index contributed by atoms with van der Waals surface area (Å²) in [4.78, 5) is 11.5. The van der Waals surface area contributed by atoms with Crippen LogP contribution in [0.4, 0.5) is 10.1 Å². The van der Waals surface area contributed by atoms with Gasteiger partial charge in [-0.3, -0.25) is 9.10 Å². The van der Waals surface area contributed by atoms with Crippen LogP contribution in [0.1, 0.15) is 6.92 Å². The number of carbonyl (C=O) groups is 1. The summed E-state index contributed by atoms with van der Waals surface area (Å²) in [6, 6.07) is 9.47. The zero-order valence-corrected chi connectivity index (χ0v) is 16.0. The first-order valence-electron chi connectivity index (χ1n) is 7.99. The third kappa shape index (κ3) is 4.68. The monoisotopic (exact) mass is 397 g/mol. The molecule has 0 aliphatic heterocycles. The minimum atomic E-state index is -4.26. The van der Waals surface area contributed by atoms with Gasteiger partial charge in [-0.05, 0) is 37.3 Å². The van der Waals surface area contributed by atoms with Gasteiger partial charge in [-0.2, -0.15) is 0 Å². The Labute approximate surface area is 157 Å². The van der Waals surface area contributed by atoms with Gasteiger partial charge in [0.15, 0.2) is 11.6 Å². The molecule has 0 N–H and O–H groups in total. The summed E-state index contributed by atoms with van der Waals surface area (Å²) in [5, 5.41) is 0. The van der Waals surface area contributed by atoms with Crippen molar-refractivity contribution < 1.29 is 31.8 Å². The number of halogens is 1. The number of sulfonamides is 1. The largest absolute Gasteiger partial charge is 0.494 e. The van der Waals surface area contributed by atoms with Gasteiger partial charge in [0, 0.05) is 6.07 Å². The van der Waals surface area contributed by atoms with Crippen molar-refractivity contribution in [3.05, 3.63) is 48.3 Å². The maximum atomic E-state index is 14.0. The highest BCUT2D eigenvalue weighted by molar-refractivity contribution is 7.92. The van der Waals surface area contributed by atoms with Gasteiger partial charge in [-0.15, -0.1) is 0 Å². The van der Waals surface area contributed by atoms with Crippen LogP contribution in [0, 0.1) is 5.82 Å². The van der Waals surface area contributed by atoms with E-state index in [2.05, 4.69) is 4.74 Å². The molecule has 0 saturated carbocycles. The first kappa shape index (κ1) is 20.5. The topological polar surface area (TPSA) is 82.1 Å². The van der Waals surface area contributed by atoms with Crippen molar-refractivity contribution in [2.45, 2.75) is 11.8 Å². The third-order valence-electron chi connectivity index (χ3n) is 3.63. The zero-order chi connectivity index (χ0) is 20.0. The average molecular weight is 397 g/mol. The van der Waals surface area contributed by atoms with E-state index in [0.717, 1.165) is 17.5 Å². The minimum absolute atomic E-state index is 0.0909. The Bertz CT molecular complexity index is 916. The Hall–Kier alpha value is -2.81. The molecule has 0 amide bonds. The van der Waals surface area contributed by atoms with Crippen molar-refractivity contribution in [3.8, 4) is 11.5 Å². The Morgan fingerprint density at radius 1 is 1.15 bits per heavy atom. The molecule has 0 atom stereocenters. The Balaban J connectivity index is 2.53. The lowest BCUT2D eigenvalue weighted by atomic mass is 10.3. The van der Waals surface area contributed by atoms with Crippen LogP contribution in [0.2, 0.25) is 0 Å². The molecule has 0 fully saturated rings. The molecule has 0 aliphatic carbocycles. The summed E-state index contributed by atoms with van der Waals surface area (Å²) in [6.07, 6.45) is 0. The summed E-state index contributed by atoms with van der Waals surface area (Å²) < 4.78 is 55.8. The van der Waals surface area contributed by atoms with E-state index in [9.17, 15) is 17.6 Å². The fourth-order valence-corrected chi connectivity index (χ4v) is 3.74. The molecule has 0 bridgehead atoms. The van der Waals surface area contributed by atoms with Crippen molar-refractivity contribution in [3.63, 3.8) is 0 Å². The Morgan fingerprint density at radius 2 is 1.89 bits per heavy atom. The van der Waals surface area contributed by atoms with Gasteiger partial charge in [0.2, 0.25) is 0 Å². The maximum Gasteiger partial charge on any atom is 0.326 e. The molecule has 0 heterocycles. The lowest BCUT2D eigenvalue weighted by Crippen LogP contribution is -2.36. The lowest BCUT2D eigenvalue weighted by molar-refractivity contribution is -0.138. The molecular weight excluding hydrogens is 377 g/mol. The highest BCUT2D eigenvalue weighted by Gasteiger charge is 2.28. The standard InChI is InChI=1S/C18H20FNO6S/c1-4-26-14-7-5-6-13(10-14)20(12-18(21)25-3)27(22,23)15-8-9-17(24-2)16(19)11-15/h5-11H,4,12H2,1-3H3. The van der Waals surface area contributed by atoms with Gasteiger partial charge < -0.3 is 14.2 Å². The second-order valence-electron chi connectivity index (χ2n) is 5.31. The van der Waals surface area contributed by atoms with Crippen molar-refractivity contribution >= 4 is 21.7 Å². The Kier molecular flexibility index (Phi) is 6.62. The molecule has 2 aromatic rings. The third-order valence-corrected chi connectivity index (χ3v) is 5.40. The Morgan fingerprint density at radius 3 is 2.48 bits per heavy atom. The molecule has 2 rings (SSSR count). The molecule has 9 heteroatoms. The van der Waals surface area contributed by atoms with Crippen molar-refractivity contribution in [2.24, 2.45) is 0 Å². The number of methoxy groups -OCH3 is 2. The van der Waals surface area contributed by atoms with E-state index in [0.29, 0.717) is 12.4 Å². The second kappa shape index (κ2) is 8.72. The summed E-state index contributed by atoms with van der Waals surface area (Å²) >= 11 is 0. The molecular formula is C18H20FNO6S. The van der Waals surface area contributed by atoms with Crippen LogP contribution >= 0.6 is 0 Å². The molecule has 0 radical (unpaired) electrons. The predicted octanol–water partition coefficient (Wildman–Crippen LogP) is 2.60. The summed E-state index contributed by atoms with van der Waals surface area (Å²) in [5.74, 6) is -1.26. The lowest BCUT2D eigenvalue weighted by Gasteiger charge is -2.24. The van der Waals surface area contributed by atoms with Crippen molar-refractivity contribution in [2.75, 3.05) is 31.7 Å². The molecule has 7 nitrogen and oxygen atoms in total. The van der Waals surface area contributed by atoms with Gasteiger partial charge in [0.05, 0.1) is 31.4 Å². The zero-order valence-electron chi connectivity index (χ0n) is 15.1. The summed E-state index contributed by atoms with van der Waals surface area (Å²) in [5.41, 5.74) is 0.183. The minimum Gasteiger partial charge on any atom is -0.494 e. The second-order valence-corrected chi connectivity index (χ2v) is 7.18. The highest BCUT2D eigenvalue weighted by atomic mass is 32.2. The van der Waals surface area contributed by atoms with Gasteiger partial charge >= 0.3 is 5.97 Å². The maximum absolute atomic E-state index is 14.0. The molecule has 27 heavy (non-hydrogen) atoms. The van der Waals surface area contributed by atoms with Gasteiger partial charge in [0.25, 0.3) is 10.0 Å². The number of esters is 1. The van der Waals surface area contributed by atoms with E-state index in [-0.39, 0.29) is 16.3 Å². The summed E-state index contributed by atoms with van der Waals surface area (Å²) in [6.45, 7) is 1.59. The van der Waals surface area contributed by atoms with Crippen LogP contribution in [0.3, 0.4) is 0 Å². The first-order valence-corrected chi connectivity index (χ1v) is 9.43. The number of carbonyl (C=O) groups excluding carboxylic acids is 1. The smallest absolute Gasteiger partial charge is 0.326 e. The predicted molar refractivity (Wildman–Crippen MR) is 97.1 cm³/mol. The summed E-state index contributed by atoms with van der Waals surface area (Å²) in [7, 11) is -1.83. The first-order chi connectivity index (χ1) is 12.8. The SMILES string of the molecule is CCOc1cccc(N(CC(=O)OC)S(=O)(=O)c2ccc(OC)c(F)c2)c1. The van der Waals surface area contributed by atoms with Crippen LogP contribution in [-0.2, 0) is 19.6 Å². The number of rotatable bonds is 8. The van der Waals surface area contributed by atoms with Gasteiger partial charge in [-0.1, -0.05) is 6.07 Å². The van der Waals surface area contributed by atoms with E-state index in [1.165, 1.54) is 31.4 Å². The van der Waals surface area contributed by atoms with Crippen LogP contribution in [0.15, 0.2) is 47.4 Å². The number of hydrogen-bond donors (Lipinski definition) is 0. The van der Waals surface area contributed by atoms with E-state index >= 15 is 0 Å². The van der Waals surface area contributed by atoms with Crippen LogP contribution in [-0.4, -0.2) is 41.8 Å². The van der Waals surface area contributed by atoms with Crippen molar-refractivity contribution in [1.29, 1.82) is 0 Å². The van der Waals surface area contributed by atoms with E-state index in [1.54, 1.807) is 19.1 Å². The number of nitrogens with zero attached hydrogens (tertiary/aromatic N) is 1. The number of ether oxygens (including phenoxy) is 3. The molecule has 0 aliphatic rings. The highest BCUT2D eigenvalue weighted by Crippen LogP contribution is 2.29. The fraction of sp³-hybridized carbons (Fsp3) is 0.278. The number of hydrogen-bond acceptors (Lipinski definition) is 6. The van der Waals surface area contributed by atoms with Gasteiger partial charge in [0.1, 0.15) is 12.3 Å². The molecule has 146 valence electrons. The average Bonchev–Trinajstić information content (AvgIpc) is 2.66. The molecule has 0 unspecified atom stereocenters. The van der Waals surface area contributed by atoms with E-state index in [1.807, 2.05) is 0 Å². The normalized spacial score (nSPS) is 11.0. The number of benzene rings is 2. The van der Waals surface area contributed by atoms with Crippen LogP contribution in [0.25, 0.3) is 0 Å². The quantitative estimate of drug-likeness (QED) is 0.637. The van der Waals surface area contributed by atoms with Crippen molar-refractivity contribution in [1.82, 2.24) is 0 Å².